The van der Waals surface area contributed by atoms with Gasteiger partial charge >= 0.3 is 0 Å². The molecule has 180 valence electrons. The van der Waals surface area contributed by atoms with E-state index in [9.17, 15) is 0 Å². The van der Waals surface area contributed by atoms with Crippen molar-refractivity contribution in [2.24, 2.45) is 17.3 Å². The minimum atomic E-state index is -1.82. The van der Waals surface area contributed by atoms with Gasteiger partial charge in [0.1, 0.15) is 0 Å². The molecule has 0 aromatic heterocycles. The Bertz CT molecular complexity index is 490. The van der Waals surface area contributed by atoms with E-state index in [1.165, 1.54) is 18.1 Å². The summed E-state index contributed by atoms with van der Waals surface area (Å²) in [6.07, 6.45) is 4.82. The van der Waals surface area contributed by atoms with Crippen molar-refractivity contribution < 1.29 is 8.85 Å². The largest absolute Gasteiger partial charge is 0.413 e. The maximum Gasteiger partial charge on any atom is 0.192 e. The summed E-state index contributed by atoms with van der Waals surface area (Å²) in [5, 5.41) is 0.223. The monoisotopic (exact) mass is 456 g/mol. The maximum absolute atomic E-state index is 7.03. The van der Waals surface area contributed by atoms with Crippen LogP contribution >= 0.6 is 0 Å². The van der Waals surface area contributed by atoms with Crippen LogP contribution in [0.5, 0.6) is 0 Å². The summed E-state index contributed by atoms with van der Waals surface area (Å²) < 4.78 is 13.9. The first-order valence-electron chi connectivity index (χ1n) is 12.5. The van der Waals surface area contributed by atoms with E-state index in [4.69, 9.17) is 8.85 Å². The third-order valence-electron chi connectivity index (χ3n) is 7.75. The van der Waals surface area contributed by atoms with Crippen LogP contribution in [0, 0.1) is 17.3 Å². The van der Waals surface area contributed by atoms with Crippen LogP contribution in [-0.2, 0) is 8.85 Å². The molecular formula is C26H56O2Si2. The molecule has 0 aliphatic rings. The van der Waals surface area contributed by atoms with Gasteiger partial charge in [-0.05, 0) is 66.4 Å². The van der Waals surface area contributed by atoms with E-state index in [-0.39, 0.29) is 16.6 Å². The van der Waals surface area contributed by atoms with Crippen LogP contribution in [0.2, 0.25) is 36.3 Å². The summed E-state index contributed by atoms with van der Waals surface area (Å²) in [4.78, 5) is 0. The van der Waals surface area contributed by atoms with Gasteiger partial charge in [0.2, 0.25) is 0 Å². The fourth-order valence-electron chi connectivity index (χ4n) is 3.82. The van der Waals surface area contributed by atoms with E-state index in [0.29, 0.717) is 17.9 Å². The molecule has 0 rings (SSSR count). The highest BCUT2D eigenvalue weighted by atomic mass is 28.4. The molecule has 2 nitrogen and oxygen atoms in total. The van der Waals surface area contributed by atoms with Gasteiger partial charge < -0.3 is 8.85 Å². The van der Waals surface area contributed by atoms with E-state index < -0.39 is 16.6 Å². The molecule has 0 saturated heterocycles. The topological polar surface area (TPSA) is 18.5 Å². The Morgan fingerprint density at radius 1 is 0.833 bits per heavy atom. The highest BCUT2D eigenvalue weighted by Crippen LogP contribution is 2.40. The standard InChI is InChI=1S/C26H56O2Si2/c1-15-22(6)23(27-29(13,14)26(10,11)12)19-21(5)20-24(25(7,8)9)28-30(16-2,17-3)18-4/h15,21-24H,1,16-20H2,2-14H3/t21-,22+,23-,24-/m0/s1. The van der Waals surface area contributed by atoms with Crippen LogP contribution in [0.1, 0.15) is 89.0 Å². The predicted octanol–water partition coefficient (Wildman–Crippen LogP) is 9.05. The maximum atomic E-state index is 7.03. The summed E-state index contributed by atoms with van der Waals surface area (Å²) in [7, 11) is -3.45. The van der Waals surface area contributed by atoms with Gasteiger partial charge in [0.05, 0.1) is 12.2 Å². The molecule has 0 unspecified atom stereocenters. The zero-order valence-corrected chi connectivity index (χ0v) is 24.9. The molecule has 30 heavy (non-hydrogen) atoms. The third kappa shape index (κ3) is 8.92. The van der Waals surface area contributed by atoms with Gasteiger partial charge in [-0.3, -0.25) is 0 Å². The summed E-state index contributed by atoms with van der Waals surface area (Å²) in [5.41, 5.74) is 0.159. The number of hydrogen-bond acceptors (Lipinski definition) is 2. The second-order valence-electron chi connectivity index (χ2n) is 12.3. The Morgan fingerprint density at radius 3 is 1.63 bits per heavy atom. The van der Waals surface area contributed by atoms with Crippen molar-refractivity contribution >= 4 is 16.6 Å². The first-order valence-corrected chi connectivity index (χ1v) is 17.9. The molecule has 0 heterocycles. The average molecular weight is 457 g/mol. The molecule has 0 aliphatic carbocycles. The van der Waals surface area contributed by atoms with Gasteiger partial charge in [-0.25, -0.2) is 0 Å². The van der Waals surface area contributed by atoms with Crippen molar-refractivity contribution in [1.82, 2.24) is 0 Å². The molecule has 0 fully saturated rings. The molecule has 4 heteroatoms. The molecule has 0 spiro atoms. The van der Waals surface area contributed by atoms with E-state index in [1.807, 2.05) is 0 Å². The quantitative estimate of drug-likeness (QED) is 0.203. The van der Waals surface area contributed by atoms with Gasteiger partial charge in [0.25, 0.3) is 0 Å². The number of hydrogen-bond donors (Lipinski definition) is 0. The Hall–Kier alpha value is 0.0938. The summed E-state index contributed by atoms with van der Waals surface area (Å²) >= 11 is 0. The smallest absolute Gasteiger partial charge is 0.192 e. The van der Waals surface area contributed by atoms with Crippen molar-refractivity contribution in [3.63, 3.8) is 0 Å². The molecule has 0 aliphatic heterocycles. The minimum absolute atomic E-state index is 0.159. The predicted molar refractivity (Wildman–Crippen MR) is 141 cm³/mol. The van der Waals surface area contributed by atoms with Crippen LogP contribution in [0.3, 0.4) is 0 Å². The molecule has 0 aromatic carbocycles. The second-order valence-corrected chi connectivity index (χ2v) is 21.8. The van der Waals surface area contributed by atoms with Crippen LogP contribution in [0.25, 0.3) is 0 Å². The van der Waals surface area contributed by atoms with E-state index in [0.717, 1.165) is 12.8 Å². The molecule has 0 amide bonds. The third-order valence-corrected chi connectivity index (χ3v) is 16.9. The SMILES string of the molecule is C=C[C@@H](C)[C@H](C[C@H](C)C[C@H](O[Si](CC)(CC)CC)C(C)(C)C)O[Si](C)(C)C(C)(C)C. The van der Waals surface area contributed by atoms with Gasteiger partial charge in [-0.15, -0.1) is 6.58 Å². The molecular weight excluding hydrogens is 400 g/mol. The van der Waals surface area contributed by atoms with Crippen molar-refractivity contribution in [2.75, 3.05) is 0 Å². The van der Waals surface area contributed by atoms with Crippen molar-refractivity contribution in [2.45, 2.75) is 137 Å². The summed E-state index contributed by atoms with van der Waals surface area (Å²) in [6.45, 7) is 34.5. The summed E-state index contributed by atoms with van der Waals surface area (Å²) in [6, 6.07) is 3.64. The van der Waals surface area contributed by atoms with Crippen LogP contribution in [0.4, 0.5) is 0 Å². The highest BCUT2D eigenvalue weighted by Gasteiger charge is 2.41. The Labute approximate surface area is 192 Å². The van der Waals surface area contributed by atoms with Crippen molar-refractivity contribution in [3.05, 3.63) is 12.7 Å². The fourth-order valence-corrected chi connectivity index (χ4v) is 8.29. The lowest BCUT2D eigenvalue weighted by Crippen LogP contribution is -2.47. The van der Waals surface area contributed by atoms with E-state index in [1.54, 1.807) is 0 Å². The average Bonchev–Trinajstić information content (AvgIpc) is 2.62. The van der Waals surface area contributed by atoms with Crippen LogP contribution in [-0.4, -0.2) is 28.8 Å². The zero-order chi connectivity index (χ0) is 24.0. The van der Waals surface area contributed by atoms with Gasteiger partial charge in [0, 0.05) is 0 Å². The lowest BCUT2D eigenvalue weighted by molar-refractivity contribution is 0.0426. The van der Waals surface area contributed by atoms with Crippen LogP contribution in [0.15, 0.2) is 12.7 Å². The Morgan fingerprint density at radius 2 is 1.30 bits per heavy atom. The first-order chi connectivity index (χ1) is 13.5. The second kappa shape index (κ2) is 11.8. The van der Waals surface area contributed by atoms with Gasteiger partial charge in [-0.1, -0.05) is 82.2 Å². The fraction of sp³-hybridized carbons (Fsp3) is 0.923. The zero-order valence-electron chi connectivity index (χ0n) is 22.9. The first kappa shape index (κ1) is 30.1. The molecule has 4 atom stereocenters. The molecule has 0 aromatic rings. The van der Waals surface area contributed by atoms with Crippen molar-refractivity contribution in [3.8, 4) is 0 Å². The van der Waals surface area contributed by atoms with Gasteiger partial charge in [-0.2, -0.15) is 0 Å². The summed E-state index contributed by atoms with van der Waals surface area (Å²) in [5.74, 6) is 0.926. The van der Waals surface area contributed by atoms with Crippen LogP contribution < -0.4 is 0 Å². The molecule has 0 radical (unpaired) electrons. The lowest BCUT2D eigenvalue weighted by atomic mass is 9.82. The lowest BCUT2D eigenvalue weighted by Gasteiger charge is -2.43. The highest BCUT2D eigenvalue weighted by molar-refractivity contribution is 6.74. The molecule has 0 saturated carbocycles. The normalized spacial score (nSPS) is 18.0. The molecule has 0 bridgehead atoms. The van der Waals surface area contributed by atoms with E-state index >= 15 is 0 Å². The number of rotatable bonds is 13. The van der Waals surface area contributed by atoms with Crippen molar-refractivity contribution in [1.29, 1.82) is 0 Å². The minimum Gasteiger partial charge on any atom is -0.413 e. The molecule has 0 N–H and O–H groups in total. The van der Waals surface area contributed by atoms with Gasteiger partial charge in [0.15, 0.2) is 16.6 Å². The Balaban J connectivity index is 5.50. The Kier molecular flexibility index (Phi) is 11.8. The van der Waals surface area contributed by atoms with E-state index in [2.05, 4.69) is 102 Å².